The van der Waals surface area contributed by atoms with Crippen molar-refractivity contribution in [1.29, 1.82) is 0 Å². The molecule has 102 valence electrons. The largest absolute Gasteiger partial charge is 0.389 e. The molecular weight excluding hydrogens is 259 g/mol. The smallest absolute Gasteiger partial charge is 0.298 e. The van der Waals surface area contributed by atoms with Crippen molar-refractivity contribution in [2.45, 2.75) is 32.9 Å². The van der Waals surface area contributed by atoms with Crippen LogP contribution in [0.1, 0.15) is 26.7 Å². The van der Waals surface area contributed by atoms with Gasteiger partial charge in [-0.3, -0.25) is 4.79 Å². The molecule has 0 bridgehead atoms. The molecule has 1 N–H and O–H groups in total. The van der Waals surface area contributed by atoms with Crippen LogP contribution in [0.5, 0.6) is 0 Å². The zero-order valence-corrected chi connectivity index (χ0v) is 10.5. The molecule has 17 heavy (non-hydrogen) atoms. The highest BCUT2D eigenvalue weighted by Gasteiger charge is 2.27. The third kappa shape index (κ3) is 9.11. The summed E-state index contributed by atoms with van der Waals surface area (Å²) in [5.74, 6) is -1.24. The molecule has 0 saturated carbocycles. The van der Waals surface area contributed by atoms with Gasteiger partial charge in [0.25, 0.3) is 0 Å². The van der Waals surface area contributed by atoms with E-state index in [1.54, 1.807) is 13.8 Å². The summed E-state index contributed by atoms with van der Waals surface area (Å²) in [6, 6.07) is 0. The van der Waals surface area contributed by atoms with Crippen molar-refractivity contribution >= 4 is 15.8 Å². The number of sulfonamides is 1. The first-order valence-electron chi connectivity index (χ1n) is 5.10. The van der Waals surface area contributed by atoms with E-state index in [-0.39, 0.29) is 18.2 Å². The summed E-state index contributed by atoms with van der Waals surface area (Å²) in [5, 5.41) is 0. The Morgan fingerprint density at radius 1 is 1.29 bits per heavy atom. The van der Waals surface area contributed by atoms with E-state index in [0.29, 0.717) is 0 Å². The molecule has 0 aliphatic heterocycles. The van der Waals surface area contributed by atoms with E-state index >= 15 is 0 Å². The van der Waals surface area contributed by atoms with Gasteiger partial charge in [0.2, 0.25) is 10.0 Å². The Kier molecular flexibility index (Phi) is 6.11. The van der Waals surface area contributed by atoms with Gasteiger partial charge in [-0.25, -0.2) is 13.1 Å². The van der Waals surface area contributed by atoms with Crippen LogP contribution in [0.15, 0.2) is 0 Å². The second kappa shape index (κ2) is 6.34. The molecule has 4 nitrogen and oxygen atoms in total. The minimum atomic E-state index is -4.36. The Hall–Kier alpha value is -0.630. The number of Topliss-reactive ketones (excluding diaryl/α,β-unsaturated/α-hetero) is 1. The minimum Gasteiger partial charge on any atom is -0.298 e. The average molecular weight is 275 g/mol. The van der Waals surface area contributed by atoms with Gasteiger partial charge in [-0.1, -0.05) is 13.8 Å². The normalized spacial score (nSPS) is 13.1. The molecular formula is C9H16F3NO3S. The molecule has 0 aromatic rings. The SMILES string of the molecule is CC(C)C(=O)CNS(=O)(=O)CCCC(F)(F)F. The van der Waals surface area contributed by atoms with Crippen molar-refractivity contribution in [3.8, 4) is 0 Å². The number of ketones is 1. The van der Waals surface area contributed by atoms with Gasteiger partial charge >= 0.3 is 6.18 Å². The number of rotatable bonds is 7. The number of hydrogen-bond acceptors (Lipinski definition) is 3. The number of carbonyl (C=O) groups is 1. The van der Waals surface area contributed by atoms with Crippen molar-refractivity contribution in [3.63, 3.8) is 0 Å². The highest BCUT2D eigenvalue weighted by molar-refractivity contribution is 7.89. The van der Waals surface area contributed by atoms with Crippen LogP contribution in [-0.2, 0) is 14.8 Å². The summed E-state index contributed by atoms with van der Waals surface area (Å²) < 4.78 is 59.8. The second-order valence-corrected chi connectivity index (χ2v) is 5.91. The number of carbonyl (C=O) groups excluding carboxylic acids is 1. The first kappa shape index (κ1) is 16.4. The van der Waals surface area contributed by atoms with Crippen molar-refractivity contribution in [1.82, 2.24) is 4.72 Å². The topological polar surface area (TPSA) is 63.2 Å². The monoisotopic (exact) mass is 275 g/mol. The van der Waals surface area contributed by atoms with E-state index in [1.165, 1.54) is 0 Å². The van der Waals surface area contributed by atoms with Gasteiger partial charge in [-0.15, -0.1) is 0 Å². The first-order valence-corrected chi connectivity index (χ1v) is 6.75. The third-order valence-corrected chi connectivity index (χ3v) is 3.39. The van der Waals surface area contributed by atoms with E-state index in [0.717, 1.165) is 0 Å². The predicted molar refractivity (Wildman–Crippen MR) is 56.9 cm³/mol. The lowest BCUT2D eigenvalue weighted by molar-refractivity contribution is -0.134. The van der Waals surface area contributed by atoms with Crippen LogP contribution >= 0.6 is 0 Å². The number of nitrogens with one attached hydrogen (secondary N) is 1. The zero-order chi connectivity index (χ0) is 13.7. The van der Waals surface area contributed by atoms with Crippen LogP contribution in [0.3, 0.4) is 0 Å². The van der Waals surface area contributed by atoms with Crippen LogP contribution in [0, 0.1) is 5.92 Å². The Bertz CT molecular complexity index is 349. The van der Waals surface area contributed by atoms with Gasteiger partial charge in [0, 0.05) is 12.3 Å². The minimum absolute atomic E-state index is 0.301. The predicted octanol–water partition coefficient (Wildman–Crippen LogP) is 1.47. The fourth-order valence-electron chi connectivity index (χ4n) is 0.920. The van der Waals surface area contributed by atoms with Gasteiger partial charge in [0.05, 0.1) is 12.3 Å². The van der Waals surface area contributed by atoms with Gasteiger partial charge in [0.1, 0.15) is 5.78 Å². The van der Waals surface area contributed by atoms with Gasteiger partial charge in [0.15, 0.2) is 0 Å². The number of halogens is 3. The molecule has 0 unspecified atom stereocenters. The van der Waals surface area contributed by atoms with Crippen LogP contribution in [0.2, 0.25) is 0 Å². The standard InChI is InChI=1S/C9H16F3NO3S/c1-7(2)8(14)6-13-17(15,16)5-3-4-9(10,11)12/h7,13H,3-6H2,1-2H3. The van der Waals surface area contributed by atoms with E-state index < -0.39 is 34.8 Å². The van der Waals surface area contributed by atoms with Crippen LogP contribution in [0.25, 0.3) is 0 Å². The molecule has 0 aliphatic rings. The van der Waals surface area contributed by atoms with Crippen molar-refractivity contribution < 1.29 is 26.4 Å². The van der Waals surface area contributed by atoms with Gasteiger partial charge in [-0.05, 0) is 6.42 Å². The second-order valence-electron chi connectivity index (χ2n) is 3.98. The number of alkyl halides is 3. The molecule has 0 heterocycles. The maximum atomic E-state index is 11.8. The fraction of sp³-hybridized carbons (Fsp3) is 0.889. The molecule has 0 radical (unpaired) electrons. The molecule has 8 heteroatoms. The third-order valence-electron chi connectivity index (χ3n) is 1.98. The van der Waals surface area contributed by atoms with Crippen LogP contribution < -0.4 is 4.72 Å². The molecule has 0 fully saturated rings. The molecule has 0 aromatic heterocycles. The summed E-state index contributed by atoms with van der Waals surface area (Å²) in [4.78, 5) is 11.1. The van der Waals surface area contributed by atoms with Crippen molar-refractivity contribution in [3.05, 3.63) is 0 Å². The maximum Gasteiger partial charge on any atom is 0.389 e. The van der Waals surface area contributed by atoms with E-state index in [4.69, 9.17) is 0 Å². The summed E-state index contributed by atoms with van der Waals surface area (Å²) in [6.45, 7) is 2.85. The lowest BCUT2D eigenvalue weighted by Gasteiger charge is -2.08. The summed E-state index contributed by atoms with van der Waals surface area (Å²) in [5.41, 5.74) is 0. The molecule has 0 spiro atoms. The molecule has 0 amide bonds. The zero-order valence-electron chi connectivity index (χ0n) is 9.67. The highest BCUT2D eigenvalue weighted by Crippen LogP contribution is 2.21. The fourth-order valence-corrected chi connectivity index (χ4v) is 1.95. The van der Waals surface area contributed by atoms with Gasteiger partial charge in [-0.2, -0.15) is 13.2 Å². The van der Waals surface area contributed by atoms with Gasteiger partial charge < -0.3 is 0 Å². The molecule has 0 atom stereocenters. The Labute approximate surface area is 98.6 Å². The van der Waals surface area contributed by atoms with Crippen molar-refractivity contribution in [2.24, 2.45) is 5.92 Å². The quantitative estimate of drug-likeness (QED) is 0.765. The summed E-state index contributed by atoms with van der Waals surface area (Å²) in [7, 11) is -3.80. The maximum absolute atomic E-state index is 11.8. The molecule has 0 aromatic carbocycles. The average Bonchev–Trinajstić information content (AvgIpc) is 2.11. The Morgan fingerprint density at radius 3 is 2.24 bits per heavy atom. The summed E-state index contributed by atoms with van der Waals surface area (Å²) in [6.07, 6.45) is -6.01. The summed E-state index contributed by atoms with van der Waals surface area (Å²) >= 11 is 0. The Morgan fingerprint density at radius 2 is 1.82 bits per heavy atom. The first-order chi connectivity index (χ1) is 7.53. The highest BCUT2D eigenvalue weighted by atomic mass is 32.2. The lowest BCUT2D eigenvalue weighted by atomic mass is 10.1. The molecule has 0 saturated heterocycles. The van der Waals surface area contributed by atoms with E-state index in [9.17, 15) is 26.4 Å². The van der Waals surface area contributed by atoms with Crippen LogP contribution in [0.4, 0.5) is 13.2 Å². The van der Waals surface area contributed by atoms with Crippen molar-refractivity contribution in [2.75, 3.05) is 12.3 Å². The van der Waals surface area contributed by atoms with Crippen LogP contribution in [-0.4, -0.2) is 32.7 Å². The number of hydrogen-bond donors (Lipinski definition) is 1. The Balaban J connectivity index is 4.02. The lowest BCUT2D eigenvalue weighted by Crippen LogP contribution is -2.33. The van der Waals surface area contributed by atoms with E-state index in [2.05, 4.69) is 0 Å². The molecule has 0 rings (SSSR count). The van der Waals surface area contributed by atoms with E-state index in [1.807, 2.05) is 4.72 Å². The molecule has 0 aliphatic carbocycles.